The van der Waals surface area contributed by atoms with Crippen molar-refractivity contribution in [2.45, 2.75) is 38.1 Å². The van der Waals surface area contributed by atoms with Gasteiger partial charge in [-0.25, -0.2) is 4.79 Å². The number of likely N-dealkylation sites (tertiary alicyclic amines) is 1. The Balaban J connectivity index is 2.13. The van der Waals surface area contributed by atoms with Crippen molar-refractivity contribution in [1.29, 1.82) is 0 Å². The van der Waals surface area contributed by atoms with E-state index in [0.717, 1.165) is 24.8 Å². The zero-order chi connectivity index (χ0) is 14.5. The minimum atomic E-state index is -0.917. The molecular weight excluding hydrogens is 278 g/mol. The average molecular weight is 296 g/mol. The molecule has 4 nitrogen and oxygen atoms in total. The first kappa shape index (κ1) is 14.9. The number of carboxylic acid groups (broad SMARTS) is 1. The molecule has 1 aromatic rings. The summed E-state index contributed by atoms with van der Waals surface area (Å²) >= 11 is 6.05. The van der Waals surface area contributed by atoms with Gasteiger partial charge in [0, 0.05) is 11.6 Å². The normalized spacial score (nSPS) is 19.4. The third-order valence-electron chi connectivity index (χ3n) is 3.66. The molecule has 1 saturated heterocycles. The standard InChI is InChI=1S/C15H18ClNO3/c16-12-7-4-3-6-11(12)10-14(18)17-9-5-1-2-8-13(17)15(19)20/h3-4,6-7,13H,1-2,5,8-10H2,(H,19,20). The average Bonchev–Trinajstić information content (AvgIpc) is 2.67. The van der Waals surface area contributed by atoms with Crippen LogP contribution in [0.25, 0.3) is 0 Å². The van der Waals surface area contributed by atoms with Gasteiger partial charge in [0.2, 0.25) is 5.91 Å². The molecule has 1 aliphatic rings. The lowest BCUT2D eigenvalue weighted by Crippen LogP contribution is -2.45. The molecule has 0 bridgehead atoms. The summed E-state index contributed by atoms with van der Waals surface area (Å²) in [5.41, 5.74) is 0.743. The number of aliphatic carboxylic acids is 1. The summed E-state index contributed by atoms with van der Waals surface area (Å²) in [7, 11) is 0. The fraction of sp³-hybridized carbons (Fsp3) is 0.467. The highest BCUT2D eigenvalue weighted by Crippen LogP contribution is 2.21. The molecule has 0 aliphatic carbocycles. The van der Waals surface area contributed by atoms with Gasteiger partial charge in [0.15, 0.2) is 0 Å². The molecule has 0 aromatic heterocycles. The van der Waals surface area contributed by atoms with Crippen LogP contribution in [0.1, 0.15) is 31.2 Å². The van der Waals surface area contributed by atoms with Crippen molar-refractivity contribution in [3.8, 4) is 0 Å². The predicted octanol–water partition coefficient (Wildman–Crippen LogP) is 2.74. The van der Waals surface area contributed by atoms with E-state index in [9.17, 15) is 14.7 Å². The van der Waals surface area contributed by atoms with Crippen LogP contribution in [-0.2, 0) is 16.0 Å². The van der Waals surface area contributed by atoms with Crippen LogP contribution in [0, 0.1) is 0 Å². The van der Waals surface area contributed by atoms with Crippen molar-refractivity contribution in [3.05, 3.63) is 34.9 Å². The highest BCUT2D eigenvalue weighted by atomic mass is 35.5. The zero-order valence-corrected chi connectivity index (χ0v) is 12.0. The number of nitrogens with zero attached hydrogens (tertiary/aromatic N) is 1. The minimum absolute atomic E-state index is 0.156. The molecule has 0 radical (unpaired) electrons. The van der Waals surface area contributed by atoms with E-state index in [1.165, 1.54) is 4.90 Å². The van der Waals surface area contributed by atoms with Crippen LogP contribution in [-0.4, -0.2) is 34.5 Å². The largest absolute Gasteiger partial charge is 0.480 e. The Morgan fingerprint density at radius 2 is 2.00 bits per heavy atom. The molecule has 1 aliphatic heterocycles. The number of benzene rings is 1. The third kappa shape index (κ3) is 3.51. The quantitative estimate of drug-likeness (QED) is 0.933. The molecule has 0 spiro atoms. The molecule has 1 fully saturated rings. The lowest BCUT2D eigenvalue weighted by molar-refractivity contribution is -0.150. The van der Waals surface area contributed by atoms with Crippen LogP contribution >= 0.6 is 11.6 Å². The molecule has 0 saturated carbocycles. The first-order valence-corrected chi connectivity index (χ1v) is 7.23. The zero-order valence-electron chi connectivity index (χ0n) is 11.2. The smallest absolute Gasteiger partial charge is 0.326 e. The fourth-order valence-electron chi connectivity index (χ4n) is 2.57. The van der Waals surface area contributed by atoms with Gasteiger partial charge in [0.05, 0.1) is 6.42 Å². The van der Waals surface area contributed by atoms with Crippen LogP contribution in [0.15, 0.2) is 24.3 Å². The number of carbonyl (C=O) groups is 2. The molecule has 5 heteroatoms. The summed E-state index contributed by atoms with van der Waals surface area (Å²) in [5.74, 6) is -1.08. The highest BCUT2D eigenvalue weighted by Gasteiger charge is 2.30. The van der Waals surface area contributed by atoms with E-state index in [-0.39, 0.29) is 12.3 Å². The number of rotatable bonds is 3. The van der Waals surface area contributed by atoms with Gasteiger partial charge in [-0.15, -0.1) is 0 Å². The second kappa shape index (κ2) is 6.75. The Morgan fingerprint density at radius 3 is 2.70 bits per heavy atom. The van der Waals surface area contributed by atoms with Crippen LogP contribution in [0.2, 0.25) is 5.02 Å². The molecular formula is C15H18ClNO3. The van der Waals surface area contributed by atoms with Crippen molar-refractivity contribution in [2.24, 2.45) is 0 Å². The summed E-state index contributed by atoms with van der Waals surface area (Å²) in [6.45, 7) is 0.514. The van der Waals surface area contributed by atoms with Gasteiger partial charge in [0.25, 0.3) is 0 Å². The summed E-state index contributed by atoms with van der Waals surface area (Å²) < 4.78 is 0. The maximum absolute atomic E-state index is 12.4. The Hall–Kier alpha value is -1.55. The Morgan fingerprint density at radius 1 is 1.25 bits per heavy atom. The van der Waals surface area contributed by atoms with Gasteiger partial charge in [-0.3, -0.25) is 4.79 Å². The predicted molar refractivity (Wildman–Crippen MR) is 76.8 cm³/mol. The fourth-order valence-corrected chi connectivity index (χ4v) is 2.77. The molecule has 108 valence electrons. The highest BCUT2D eigenvalue weighted by molar-refractivity contribution is 6.31. The summed E-state index contributed by atoms with van der Waals surface area (Å²) in [6, 6.07) is 6.47. The molecule has 1 amide bonds. The van der Waals surface area contributed by atoms with E-state index in [1.54, 1.807) is 12.1 Å². The molecule has 1 heterocycles. The van der Waals surface area contributed by atoms with Gasteiger partial charge in [-0.1, -0.05) is 42.6 Å². The Labute approximate surface area is 123 Å². The van der Waals surface area contributed by atoms with Crippen molar-refractivity contribution >= 4 is 23.5 Å². The number of carboxylic acids is 1. The van der Waals surface area contributed by atoms with E-state index in [2.05, 4.69) is 0 Å². The number of halogens is 1. The molecule has 1 atom stereocenters. The van der Waals surface area contributed by atoms with Gasteiger partial charge in [-0.05, 0) is 24.5 Å². The monoisotopic (exact) mass is 295 g/mol. The van der Waals surface area contributed by atoms with Gasteiger partial charge >= 0.3 is 5.97 Å². The van der Waals surface area contributed by atoms with E-state index < -0.39 is 12.0 Å². The van der Waals surface area contributed by atoms with Crippen LogP contribution in [0.4, 0.5) is 0 Å². The van der Waals surface area contributed by atoms with Gasteiger partial charge < -0.3 is 10.0 Å². The van der Waals surface area contributed by atoms with Crippen molar-refractivity contribution in [1.82, 2.24) is 4.90 Å². The number of hydrogen-bond acceptors (Lipinski definition) is 2. The van der Waals surface area contributed by atoms with Crippen molar-refractivity contribution in [2.75, 3.05) is 6.54 Å². The van der Waals surface area contributed by atoms with Crippen molar-refractivity contribution < 1.29 is 14.7 Å². The molecule has 20 heavy (non-hydrogen) atoms. The summed E-state index contributed by atoms with van der Waals surface area (Å²) in [5, 5.41) is 9.83. The van der Waals surface area contributed by atoms with Crippen LogP contribution in [0.3, 0.4) is 0 Å². The lowest BCUT2D eigenvalue weighted by atomic mass is 10.1. The van der Waals surface area contributed by atoms with Crippen LogP contribution < -0.4 is 0 Å². The van der Waals surface area contributed by atoms with Gasteiger partial charge in [-0.2, -0.15) is 0 Å². The second-order valence-corrected chi connectivity index (χ2v) is 5.47. The SMILES string of the molecule is O=C(O)C1CCCCCN1C(=O)Cc1ccccc1Cl. The topological polar surface area (TPSA) is 57.6 Å². The third-order valence-corrected chi connectivity index (χ3v) is 4.03. The van der Waals surface area contributed by atoms with E-state index in [4.69, 9.17) is 11.6 Å². The van der Waals surface area contributed by atoms with Gasteiger partial charge in [0.1, 0.15) is 6.04 Å². The van der Waals surface area contributed by atoms with Crippen LogP contribution in [0.5, 0.6) is 0 Å². The van der Waals surface area contributed by atoms with E-state index in [1.807, 2.05) is 12.1 Å². The number of carbonyl (C=O) groups excluding carboxylic acids is 1. The van der Waals surface area contributed by atoms with E-state index >= 15 is 0 Å². The number of hydrogen-bond donors (Lipinski definition) is 1. The first-order valence-electron chi connectivity index (χ1n) is 6.85. The minimum Gasteiger partial charge on any atom is -0.480 e. The summed E-state index contributed by atoms with van der Waals surface area (Å²) in [4.78, 5) is 25.2. The Bertz CT molecular complexity index is 504. The number of amides is 1. The molecule has 1 aromatic carbocycles. The van der Waals surface area contributed by atoms with Crippen molar-refractivity contribution in [3.63, 3.8) is 0 Å². The summed E-state index contributed by atoms with van der Waals surface area (Å²) in [6.07, 6.45) is 3.37. The lowest BCUT2D eigenvalue weighted by Gasteiger charge is -2.27. The van der Waals surface area contributed by atoms with E-state index in [0.29, 0.717) is 18.0 Å². The maximum atomic E-state index is 12.4. The molecule has 1 N–H and O–H groups in total. The molecule has 1 unspecified atom stereocenters. The first-order chi connectivity index (χ1) is 9.59. The Kier molecular flexibility index (Phi) is 5.01. The molecule has 2 rings (SSSR count). The maximum Gasteiger partial charge on any atom is 0.326 e. The second-order valence-electron chi connectivity index (χ2n) is 5.06.